The summed E-state index contributed by atoms with van der Waals surface area (Å²) in [5.41, 5.74) is 2.94. The highest BCUT2D eigenvalue weighted by Crippen LogP contribution is 2.11. The molecule has 0 radical (unpaired) electrons. The Bertz CT molecular complexity index is 302. The molecule has 0 heterocycles. The van der Waals surface area contributed by atoms with E-state index in [2.05, 4.69) is 50.4 Å². The van der Waals surface area contributed by atoms with E-state index in [1.807, 2.05) is 0 Å². The van der Waals surface area contributed by atoms with Gasteiger partial charge in [-0.2, -0.15) is 0 Å². The summed E-state index contributed by atoms with van der Waals surface area (Å²) in [5, 5.41) is 3.46. The molecule has 0 saturated carbocycles. The van der Waals surface area contributed by atoms with Crippen molar-refractivity contribution in [1.29, 1.82) is 0 Å². The highest BCUT2D eigenvalue weighted by atomic mass is 14.9. The molecule has 1 N–H and O–H groups in total. The number of aryl methyl sites for hydroxylation is 1. The van der Waals surface area contributed by atoms with Crippen molar-refractivity contribution in [3.63, 3.8) is 0 Å². The van der Waals surface area contributed by atoms with Crippen LogP contribution < -0.4 is 5.32 Å². The van der Waals surface area contributed by atoms with Gasteiger partial charge in [-0.25, -0.2) is 0 Å². The SMILES string of the molecule is CCCCCCc1ccc(CC(C)NCC)cc1. The zero-order valence-corrected chi connectivity index (χ0v) is 12.3. The number of benzene rings is 1. The second kappa shape index (κ2) is 9.16. The Balaban J connectivity index is 2.33. The van der Waals surface area contributed by atoms with E-state index in [1.165, 1.54) is 43.2 Å². The Morgan fingerprint density at radius 3 is 2.22 bits per heavy atom. The molecule has 1 atom stereocenters. The first-order valence-corrected chi connectivity index (χ1v) is 7.57. The predicted molar refractivity (Wildman–Crippen MR) is 81.1 cm³/mol. The van der Waals surface area contributed by atoms with Gasteiger partial charge in [-0.15, -0.1) is 0 Å². The fraction of sp³-hybridized carbons (Fsp3) is 0.647. The van der Waals surface area contributed by atoms with Crippen LogP contribution >= 0.6 is 0 Å². The molecule has 102 valence electrons. The number of likely N-dealkylation sites (N-methyl/N-ethyl adjacent to an activating group) is 1. The van der Waals surface area contributed by atoms with E-state index in [0.717, 1.165) is 13.0 Å². The van der Waals surface area contributed by atoms with Crippen LogP contribution in [-0.4, -0.2) is 12.6 Å². The van der Waals surface area contributed by atoms with Crippen LogP contribution in [0, 0.1) is 0 Å². The molecule has 0 bridgehead atoms. The van der Waals surface area contributed by atoms with Crippen LogP contribution in [0.4, 0.5) is 0 Å². The van der Waals surface area contributed by atoms with Gasteiger partial charge in [0.05, 0.1) is 0 Å². The van der Waals surface area contributed by atoms with Crippen LogP contribution in [0.2, 0.25) is 0 Å². The van der Waals surface area contributed by atoms with Crippen LogP contribution in [-0.2, 0) is 12.8 Å². The van der Waals surface area contributed by atoms with Crippen LogP contribution in [0.15, 0.2) is 24.3 Å². The highest BCUT2D eigenvalue weighted by Gasteiger charge is 2.01. The fourth-order valence-electron chi connectivity index (χ4n) is 2.37. The van der Waals surface area contributed by atoms with Crippen molar-refractivity contribution >= 4 is 0 Å². The van der Waals surface area contributed by atoms with Gasteiger partial charge in [-0.05, 0) is 43.9 Å². The minimum Gasteiger partial charge on any atom is -0.314 e. The molecule has 0 spiro atoms. The molecule has 0 aromatic heterocycles. The molecular weight excluding hydrogens is 218 g/mol. The quantitative estimate of drug-likeness (QED) is 0.640. The van der Waals surface area contributed by atoms with E-state index < -0.39 is 0 Å². The van der Waals surface area contributed by atoms with Gasteiger partial charge in [0.1, 0.15) is 0 Å². The first-order chi connectivity index (χ1) is 8.76. The monoisotopic (exact) mass is 247 g/mol. The van der Waals surface area contributed by atoms with Gasteiger partial charge in [0.25, 0.3) is 0 Å². The van der Waals surface area contributed by atoms with Crippen molar-refractivity contribution in [3.05, 3.63) is 35.4 Å². The highest BCUT2D eigenvalue weighted by molar-refractivity contribution is 5.23. The maximum atomic E-state index is 3.46. The van der Waals surface area contributed by atoms with Crippen LogP contribution in [0.5, 0.6) is 0 Å². The molecule has 1 unspecified atom stereocenters. The summed E-state index contributed by atoms with van der Waals surface area (Å²) in [6.07, 6.45) is 7.77. The molecule has 0 aliphatic heterocycles. The second-order valence-corrected chi connectivity index (χ2v) is 5.29. The predicted octanol–water partition coefficient (Wildman–Crippen LogP) is 4.35. The lowest BCUT2D eigenvalue weighted by Gasteiger charge is -2.12. The first kappa shape index (κ1) is 15.2. The Morgan fingerprint density at radius 2 is 1.61 bits per heavy atom. The third-order valence-electron chi connectivity index (χ3n) is 3.44. The van der Waals surface area contributed by atoms with Gasteiger partial charge in [-0.3, -0.25) is 0 Å². The third-order valence-corrected chi connectivity index (χ3v) is 3.44. The van der Waals surface area contributed by atoms with Crippen LogP contribution in [0.25, 0.3) is 0 Å². The zero-order valence-electron chi connectivity index (χ0n) is 12.3. The molecular formula is C17H29N. The number of unbranched alkanes of at least 4 members (excludes halogenated alkanes) is 3. The zero-order chi connectivity index (χ0) is 13.2. The molecule has 0 fully saturated rings. The van der Waals surface area contributed by atoms with Crippen molar-refractivity contribution in [2.45, 2.75) is 65.3 Å². The molecule has 1 nitrogen and oxygen atoms in total. The maximum absolute atomic E-state index is 3.46. The van der Waals surface area contributed by atoms with E-state index in [4.69, 9.17) is 0 Å². The van der Waals surface area contributed by atoms with E-state index in [-0.39, 0.29) is 0 Å². The van der Waals surface area contributed by atoms with Crippen molar-refractivity contribution in [3.8, 4) is 0 Å². The summed E-state index contributed by atoms with van der Waals surface area (Å²) in [6, 6.07) is 9.77. The summed E-state index contributed by atoms with van der Waals surface area (Å²) in [6.45, 7) is 7.73. The molecule has 0 aliphatic carbocycles. The summed E-state index contributed by atoms with van der Waals surface area (Å²) in [7, 11) is 0. The molecule has 18 heavy (non-hydrogen) atoms. The summed E-state index contributed by atoms with van der Waals surface area (Å²) in [5.74, 6) is 0. The van der Waals surface area contributed by atoms with Gasteiger partial charge >= 0.3 is 0 Å². The number of nitrogens with one attached hydrogen (secondary N) is 1. The van der Waals surface area contributed by atoms with Crippen molar-refractivity contribution in [2.75, 3.05) is 6.54 Å². The summed E-state index contributed by atoms with van der Waals surface area (Å²) < 4.78 is 0. The lowest BCUT2D eigenvalue weighted by Crippen LogP contribution is -2.27. The smallest absolute Gasteiger partial charge is 0.00790 e. The molecule has 1 aromatic carbocycles. The Hall–Kier alpha value is -0.820. The topological polar surface area (TPSA) is 12.0 Å². The molecule has 0 amide bonds. The standard InChI is InChI=1S/C17H29N/c1-4-6-7-8-9-16-10-12-17(13-11-16)14-15(3)18-5-2/h10-13,15,18H,4-9,14H2,1-3H3. The normalized spacial score (nSPS) is 12.6. The largest absolute Gasteiger partial charge is 0.314 e. The Labute approximate surface area is 113 Å². The average Bonchev–Trinajstić information content (AvgIpc) is 2.37. The van der Waals surface area contributed by atoms with Gasteiger partial charge in [0, 0.05) is 6.04 Å². The van der Waals surface area contributed by atoms with Crippen LogP contribution in [0.3, 0.4) is 0 Å². The molecule has 1 heteroatoms. The van der Waals surface area contributed by atoms with E-state index >= 15 is 0 Å². The minimum atomic E-state index is 0.574. The lowest BCUT2D eigenvalue weighted by molar-refractivity contribution is 0.565. The lowest BCUT2D eigenvalue weighted by atomic mass is 10.0. The van der Waals surface area contributed by atoms with Crippen LogP contribution in [0.1, 0.15) is 57.6 Å². The molecule has 1 rings (SSSR count). The van der Waals surface area contributed by atoms with E-state index in [9.17, 15) is 0 Å². The second-order valence-electron chi connectivity index (χ2n) is 5.29. The fourth-order valence-corrected chi connectivity index (χ4v) is 2.37. The maximum Gasteiger partial charge on any atom is 0.00790 e. The third kappa shape index (κ3) is 6.20. The first-order valence-electron chi connectivity index (χ1n) is 7.57. The summed E-state index contributed by atoms with van der Waals surface area (Å²) >= 11 is 0. The van der Waals surface area contributed by atoms with E-state index in [1.54, 1.807) is 0 Å². The van der Waals surface area contributed by atoms with Crippen molar-refractivity contribution in [1.82, 2.24) is 5.32 Å². The van der Waals surface area contributed by atoms with Gasteiger partial charge in [0.2, 0.25) is 0 Å². The van der Waals surface area contributed by atoms with Crippen molar-refractivity contribution in [2.24, 2.45) is 0 Å². The van der Waals surface area contributed by atoms with E-state index in [0.29, 0.717) is 6.04 Å². The number of hydrogen-bond acceptors (Lipinski definition) is 1. The van der Waals surface area contributed by atoms with Gasteiger partial charge < -0.3 is 5.32 Å². The molecule has 1 aromatic rings. The average molecular weight is 247 g/mol. The Kier molecular flexibility index (Phi) is 7.75. The minimum absolute atomic E-state index is 0.574. The number of rotatable bonds is 9. The molecule has 0 saturated heterocycles. The van der Waals surface area contributed by atoms with Gasteiger partial charge in [0.15, 0.2) is 0 Å². The molecule has 0 aliphatic rings. The summed E-state index contributed by atoms with van der Waals surface area (Å²) in [4.78, 5) is 0. The Morgan fingerprint density at radius 1 is 0.944 bits per heavy atom. The number of hydrogen-bond donors (Lipinski definition) is 1. The van der Waals surface area contributed by atoms with Gasteiger partial charge in [-0.1, -0.05) is 57.4 Å². The van der Waals surface area contributed by atoms with Crippen molar-refractivity contribution < 1.29 is 0 Å².